The smallest absolute Gasteiger partial charge is 0.249 e. The zero-order valence-corrected chi connectivity index (χ0v) is 43.1. The van der Waals surface area contributed by atoms with Gasteiger partial charge >= 0.3 is 0 Å². The van der Waals surface area contributed by atoms with E-state index in [1.165, 1.54) is 173 Å². The summed E-state index contributed by atoms with van der Waals surface area (Å²) < 4.78 is 11.1. The van der Waals surface area contributed by atoms with Gasteiger partial charge in [0, 0.05) is 0 Å². The van der Waals surface area contributed by atoms with Gasteiger partial charge in [0.05, 0.1) is 25.4 Å². The molecular weight excluding hydrogens is 847 g/mol. The molecule has 1 heterocycles. The molecule has 1 fully saturated rings. The van der Waals surface area contributed by atoms with Crippen LogP contribution in [0.4, 0.5) is 0 Å². The molecule has 67 heavy (non-hydrogen) atoms. The summed E-state index contributed by atoms with van der Waals surface area (Å²) >= 11 is 0. The van der Waals surface area contributed by atoms with E-state index in [9.17, 15) is 40.5 Å². The molecule has 0 bridgehead atoms. The summed E-state index contributed by atoms with van der Waals surface area (Å²) in [4.78, 5) is 13.0. The van der Waals surface area contributed by atoms with Gasteiger partial charge in [0.2, 0.25) is 5.91 Å². The van der Waals surface area contributed by atoms with Crippen LogP contribution in [-0.2, 0) is 14.3 Å². The molecule has 1 saturated heterocycles. The molecule has 1 rings (SSSR count). The van der Waals surface area contributed by atoms with Gasteiger partial charge in [-0.15, -0.1) is 0 Å². The van der Waals surface area contributed by atoms with Crippen molar-refractivity contribution in [1.82, 2.24) is 5.32 Å². The van der Waals surface area contributed by atoms with Crippen LogP contribution in [0.25, 0.3) is 0 Å². The molecule has 9 unspecified atom stereocenters. The van der Waals surface area contributed by atoms with Crippen LogP contribution in [0, 0.1) is 0 Å². The van der Waals surface area contributed by atoms with Gasteiger partial charge in [-0.25, -0.2) is 0 Å². The number of carbonyl (C=O) groups is 1. The molecule has 0 aliphatic carbocycles. The number of ether oxygens (including phenoxy) is 2. The highest BCUT2D eigenvalue weighted by molar-refractivity contribution is 5.80. The molecule has 396 valence electrons. The van der Waals surface area contributed by atoms with E-state index in [4.69, 9.17) is 9.47 Å². The van der Waals surface area contributed by atoms with Crippen LogP contribution >= 0.6 is 0 Å². The molecular formula is C56H107NO10. The van der Waals surface area contributed by atoms with Gasteiger partial charge in [-0.05, 0) is 51.4 Å². The second-order valence-corrected chi connectivity index (χ2v) is 20.0. The average molecular weight is 954 g/mol. The second-order valence-electron chi connectivity index (χ2n) is 20.0. The largest absolute Gasteiger partial charge is 0.394 e. The van der Waals surface area contributed by atoms with Crippen LogP contribution in [0.5, 0.6) is 0 Å². The van der Waals surface area contributed by atoms with Crippen molar-refractivity contribution >= 4 is 5.91 Å². The number of aliphatic hydroxyl groups is 7. The maximum atomic E-state index is 13.0. The van der Waals surface area contributed by atoms with E-state index in [-0.39, 0.29) is 12.8 Å². The minimum Gasteiger partial charge on any atom is -0.394 e. The topological polar surface area (TPSA) is 189 Å². The highest BCUT2D eigenvalue weighted by Gasteiger charge is 2.44. The Morgan fingerprint density at radius 1 is 0.507 bits per heavy atom. The maximum Gasteiger partial charge on any atom is 0.249 e. The first-order valence-electron chi connectivity index (χ1n) is 28.2. The van der Waals surface area contributed by atoms with Crippen molar-refractivity contribution in [3.63, 3.8) is 0 Å². The van der Waals surface area contributed by atoms with E-state index in [0.717, 1.165) is 38.5 Å². The van der Waals surface area contributed by atoms with E-state index in [1.807, 2.05) is 0 Å². The summed E-state index contributed by atoms with van der Waals surface area (Å²) in [7, 11) is 0. The average Bonchev–Trinajstić information content (AvgIpc) is 3.33. The van der Waals surface area contributed by atoms with Crippen LogP contribution in [-0.4, -0.2) is 110 Å². The number of hydrogen-bond acceptors (Lipinski definition) is 10. The van der Waals surface area contributed by atoms with Gasteiger partial charge in [-0.1, -0.05) is 231 Å². The van der Waals surface area contributed by atoms with E-state index < -0.39 is 74.2 Å². The lowest BCUT2D eigenvalue weighted by molar-refractivity contribution is -0.303. The summed E-state index contributed by atoms with van der Waals surface area (Å²) in [6.07, 6.45) is 42.8. The fourth-order valence-electron chi connectivity index (χ4n) is 9.11. The standard InChI is InChI=1S/C56H107NO10/c1-3-5-7-9-11-13-14-15-16-17-18-19-20-21-22-23-24-25-26-27-28-29-30-31-32-33-34-36-37-39-41-43-48(59)51(61)47(46-66-56-54(64)53(63)52(62)50(45-58)67-56)57-55(65)49(60)44-42-40-38-35-12-10-8-6-4-2/h31-32,36-37,47-54,56,58-64H,3-30,33-35,38-46H2,1-2H3,(H,57,65)/b32-31+,37-36+. The van der Waals surface area contributed by atoms with Crippen LogP contribution < -0.4 is 5.32 Å². The third-order valence-corrected chi connectivity index (χ3v) is 13.7. The number of amides is 1. The SMILES string of the molecule is CCCCCCCCCCCCCCCCCCCCCCCC/C=C/CC/C=C/CCCC(O)C(O)C(COC1OC(CO)C(O)C(O)C1O)NC(=O)C(O)CCCCCCCCCCC. The Morgan fingerprint density at radius 3 is 1.33 bits per heavy atom. The van der Waals surface area contributed by atoms with Crippen LogP contribution in [0.3, 0.4) is 0 Å². The zero-order valence-electron chi connectivity index (χ0n) is 43.1. The molecule has 9 atom stereocenters. The summed E-state index contributed by atoms with van der Waals surface area (Å²) in [6, 6.07) is -1.19. The van der Waals surface area contributed by atoms with Crippen molar-refractivity contribution < 1.29 is 50.0 Å². The molecule has 0 radical (unpaired) electrons. The third kappa shape index (κ3) is 34.5. The van der Waals surface area contributed by atoms with Gasteiger partial charge in [-0.3, -0.25) is 4.79 Å². The van der Waals surface area contributed by atoms with Crippen molar-refractivity contribution in [3.8, 4) is 0 Å². The van der Waals surface area contributed by atoms with E-state index in [0.29, 0.717) is 19.3 Å². The maximum absolute atomic E-state index is 13.0. The molecule has 1 aliphatic heterocycles. The van der Waals surface area contributed by atoms with E-state index >= 15 is 0 Å². The molecule has 0 saturated carbocycles. The first kappa shape index (κ1) is 63.6. The predicted molar refractivity (Wildman–Crippen MR) is 275 cm³/mol. The van der Waals surface area contributed by atoms with Crippen molar-refractivity contribution in [2.24, 2.45) is 0 Å². The molecule has 0 aromatic rings. The van der Waals surface area contributed by atoms with Gasteiger partial charge in [0.15, 0.2) is 6.29 Å². The van der Waals surface area contributed by atoms with E-state index in [1.54, 1.807) is 0 Å². The molecule has 0 aromatic heterocycles. The Bertz CT molecular complexity index is 1140. The van der Waals surface area contributed by atoms with E-state index in [2.05, 4.69) is 43.5 Å². The Labute approximate surface area is 410 Å². The second kappa shape index (κ2) is 45.7. The Kier molecular flexibility index (Phi) is 43.4. The number of nitrogens with one attached hydrogen (secondary N) is 1. The van der Waals surface area contributed by atoms with Crippen molar-refractivity contribution in [3.05, 3.63) is 24.3 Å². The van der Waals surface area contributed by atoms with Crippen LogP contribution in [0.1, 0.15) is 258 Å². The first-order chi connectivity index (χ1) is 32.7. The Balaban J connectivity index is 2.23. The fraction of sp³-hybridized carbons (Fsp3) is 0.911. The quantitative estimate of drug-likeness (QED) is 0.0215. The molecule has 0 spiro atoms. The highest BCUT2D eigenvalue weighted by atomic mass is 16.7. The van der Waals surface area contributed by atoms with Crippen molar-refractivity contribution in [2.75, 3.05) is 13.2 Å². The first-order valence-corrected chi connectivity index (χ1v) is 28.2. The molecule has 0 aromatic carbocycles. The molecule has 11 heteroatoms. The number of carbonyl (C=O) groups excluding carboxylic acids is 1. The van der Waals surface area contributed by atoms with Crippen LogP contribution in [0.2, 0.25) is 0 Å². The monoisotopic (exact) mass is 954 g/mol. The lowest BCUT2D eigenvalue weighted by Gasteiger charge is -2.40. The van der Waals surface area contributed by atoms with Gasteiger partial charge in [-0.2, -0.15) is 0 Å². The summed E-state index contributed by atoms with van der Waals surface area (Å²) in [6.45, 7) is 3.41. The third-order valence-electron chi connectivity index (χ3n) is 13.7. The minimum absolute atomic E-state index is 0.248. The number of unbranched alkanes of at least 4 members (excludes halogenated alkanes) is 32. The molecule has 11 nitrogen and oxygen atoms in total. The van der Waals surface area contributed by atoms with Gasteiger partial charge in [0.1, 0.15) is 36.6 Å². The van der Waals surface area contributed by atoms with Crippen LogP contribution in [0.15, 0.2) is 24.3 Å². The number of hydrogen-bond donors (Lipinski definition) is 8. The fourth-order valence-corrected chi connectivity index (χ4v) is 9.11. The van der Waals surface area contributed by atoms with Crippen molar-refractivity contribution in [2.45, 2.75) is 313 Å². The summed E-state index contributed by atoms with van der Waals surface area (Å²) in [5, 5.41) is 75.7. The molecule has 8 N–H and O–H groups in total. The Morgan fingerprint density at radius 2 is 0.896 bits per heavy atom. The minimum atomic E-state index is -1.67. The number of aliphatic hydroxyl groups excluding tert-OH is 7. The lowest BCUT2D eigenvalue weighted by Crippen LogP contribution is -2.60. The predicted octanol–water partition coefficient (Wildman–Crippen LogP) is 11.3. The number of rotatable bonds is 48. The molecule has 1 aliphatic rings. The number of allylic oxidation sites excluding steroid dienone is 4. The Hall–Kier alpha value is -1.41. The van der Waals surface area contributed by atoms with Gasteiger partial charge in [0.25, 0.3) is 0 Å². The van der Waals surface area contributed by atoms with Gasteiger partial charge < -0.3 is 50.5 Å². The normalized spacial score (nSPS) is 20.8. The zero-order chi connectivity index (χ0) is 49.0. The molecule has 1 amide bonds. The van der Waals surface area contributed by atoms with Crippen molar-refractivity contribution in [1.29, 1.82) is 0 Å². The lowest BCUT2D eigenvalue weighted by atomic mass is 9.98. The highest BCUT2D eigenvalue weighted by Crippen LogP contribution is 2.23. The summed E-state index contributed by atoms with van der Waals surface area (Å²) in [5.74, 6) is -0.712. The summed E-state index contributed by atoms with van der Waals surface area (Å²) in [5.41, 5.74) is 0.